The highest BCUT2D eigenvalue weighted by molar-refractivity contribution is 7.11. The number of nitrogens with zero attached hydrogens (tertiary/aromatic N) is 2. The molecule has 1 aromatic heterocycles. The molecule has 0 saturated heterocycles. The number of thiazole rings is 1. The Bertz CT molecular complexity index is 718. The number of benzene rings is 1. The molecule has 0 bridgehead atoms. The van der Waals surface area contributed by atoms with Crippen molar-refractivity contribution in [3.05, 3.63) is 51.5 Å². The number of aliphatic imine (C=N–C) groups is 1. The fourth-order valence-corrected chi connectivity index (χ4v) is 3.46. The minimum atomic E-state index is 0.599. The van der Waals surface area contributed by atoms with Crippen molar-refractivity contribution in [2.24, 2.45) is 4.99 Å². The van der Waals surface area contributed by atoms with Crippen LogP contribution in [0, 0.1) is 0 Å². The van der Waals surface area contributed by atoms with Gasteiger partial charge in [-0.1, -0.05) is 31.2 Å². The van der Waals surface area contributed by atoms with Crippen LogP contribution in [0.2, 0.25) is 0 Å². The molecule has 2 rings (SSSR count). The van der Waals surface area contributed by atoms with Crippen LogP contribution in [0.1, 0.15) is 34.9 Å². The van der Waals surface area contributed by atoms with Crippen LogP contribution in [-0.2, 0) is 35.5 Å². The fraction of sp³-hybridized carbons (Fsp3) is 0.524. The molecule has 0 unspecified atom stereocenters. The van der Waals surface area contributed by atoms with Crippen molar-refractivity contribution in [1.82, 2.24) is 15.6 Å². The van der Waals surface area contributed by atoms with Crippen LogP contribution in [-0.4, -0.2) is 44.4 Å². The number of rotatable bonds is 12. The van der Waals surface area contributed by atoms with Gasteiger partial charge in [0.15, 0.2) is 5.96 Å². The Balaban J connectivity index is 1.71. The van der Waals surface area contributed by atoms with E-state index in [1.54, 1.807) is 18.4 Å². The maximum atomic E-state index is 5.64. The summed E-state index contributed by atoms with van der Waals surface area (Å²) >= 11 is 1.78. The van der Waals surface area contributed by atoms with Crippen molar-refractivity contribution >= 4 is 17.3 Å². The molecule has 7 heteroatoms. The van der Waals surface area contributed by atoms with Crippen molar-refractivity contribution < 1.29 is 9.47 Å². The van der Waals surface area contributed by atoms with E-state index in [0.29, 0.717) is 26.4 Å². The second-order valence-electron chi connectivity index (χ2n) is 6.25. The number of hydrogen-bond donors (Lipinski definition) is 2. The number of aromatic nitrogens is 1. The van der Waals surface area contributed by atoms with Crippen molar-refractivity contribution in [2.75, 3.05) is 33.4 Å². The van der Waals surface area contributed by atoms with Gasteiger partial charge in [0, 0.05) is 44.2 Å². The number of aryl methyl sites for hydroxylation is 1. The van der Waals surface area contributed by atoms with Crippen LogP contribution in [0.15, 0.2) is 35.5 Å². The minimum Gasteiger partial charge on any atom is -0.379 e. The maximum Gasteiger partial charge on any atom is 0.191 e. The van der Waals surface area contributed by atoms with E-state index in [4.69, 9.17) is 9.47 Å². The molecule has 1 aromatic carbocycles. The molecule has 0 aliphatic rings. The zero-order chi connectivity index (χ0) is 20.0. The molecule has 0 fully saturated rings. The Morgan fingerprint density at radius 2 is 1.96 bits per heavy atom. The number of ether oxygens (including phenoxy) is 2. The first-order valence-electron chi connectivity index (χ1n) is 9.86. The Kier molecular flexibility index (Phi) is 10.6. The first-order chi connectivity index (χ1) is 13.7. The Labute approximate surface area is 172 Å². The van der Waals surface area contributed by atoms with Crippen LogP contribution < -0.4 is 10.6 Å². The number of guanidine groups is 1. The van der Waals surface area contributed by atoms with Gasteiger partial charge in [-0.2, -0.15) is 0 Å². The van der Waals surface area contributed by atoms with Gasteiger partial charge in [0.05, 0.1) is 24.8 Å². The van der Waals surface area contributed by atoms with E-state index in [1.165, 1.54) is 10.4 Å². The average Bonchev–Trinajstić information content (AvgIpc) is 3.19. The molecule has 0 amide bonds. The monoisotopic (exact) mass is 404 g/mol. The van der Waals surface area contributed by atoms with Crippen LogP contribution in [0.25, 0.3) is 0 Å². The summed E-state index contributed by atoms with van der Waals surface area (Å²) in [6, 6.07) is 8.40. The summed E-state index contributed by atoms with van der Waals surface area (Å²) in [5.74, 6) is 0.797. The number of hydrogen-bond acceptors (Lipinski definition) is 5. The summed E-state index contributed by atoms with van der Waals surface area (Å²) in [5, 5.41) is 7.88. The van der Waals surface area contributed by atoms with E-state index < -0.39 is 0 Å². The van der Waals surface area contributed by atoms with E-state index in [-0.39, 0.29) is 0 Å². The van der Waals surface area contributed by atoms with Gasteiger partial charge >= 0.3 is 0 Å². The van der Waals surface area contributed by atoms with Crippen molar-refractivity contribution in [3.8, 4) is 0 Å². The Morgan fingerprint density at radius 3 is 2.71 bits per heavy atom. The van der Waals surface area contributed by atoms with Gasteiger partial charge in [0.1, 0.15) is 0 Å². The quantitative estimate of drug-likeness (QED) is 0.323. The fourth-order valence-electron chi connectivity index (χ4n) is 2.60. The topological polar surface area (TPSA) is 67.8 Å². The van der Waals surface area contributed by atoms with Gasteiger partial charge in [-0.25, -0.2) is 4.98 Å². The zero-order valence-electron chi connectivity index (χ0n) is 17.2. The van der Waals surface area contributed by atoms with Crippen molar-refractivity contribution in [2.45, 2.75) is 39.8 Å². The van der Waals surface area contributed by atoms with Gasteiger partial charge in [0.25, 0.3) is 0 Å². The molecule has 154 valence electrons. The summed E-state index contributed by atoms with van der Waals surface area (Å²) in [6.07, 6.45) is 3.92. The molecule has 0 spiro atoms. The third-order valence-electron chi connectivity index (χ3n) is 4.10. The van der Waals surface area contributed by atoms with Crippen LogP contribution in [0.3, 0.4) is 0 Å². The van der Waals surface area contributed by atoms with E-state index >= 15 is 0 Å². The molecule has 1 heterocycles. The minimum absolute atomic E-state index is 0.599. The highest BCUT2D eigenvalue weighted by Crippen LogP contribution is 2.13. The third-order valence-corrected chi connectivity index (χ3v) is 5.30. The van der Waals surface area contributed by atoms with Gasteiger partial charge in [-0.15, -0.1) is 11.3 Å². The van der Waals surface area contributed by atoms with Gasteiger partial charge in [0.2, 0.25) is 0 Å². The van der Waals surface area contributed by atoms with Crippen LogP contribution >= 0.6 is 11.3 Å². The van der Waals surface area contributed by atoms with E-state index in [1.807, 2.05) is 13.1 Å². The standard InChI is InChI=1S/C21H32N4O2S/c1-4-19-15-24-20(28-19)9-10-23-21(22-3)25-14-17-7-6-8-18(13-17)16-27-12-11-26-5-2/h6-8,13,15H,4-5,9-12,14,16H2,1-3H3,(H2,22,23,25). The lowest BCUT2D eigenvalue weighted by atomic mass is 10.1. The zero-order valence-corrected chi connectivity index (χ0v) is 18.0. The average molecular weight is 405 g/mol. The first kappa shape index (κ1) is 22.3. The Morgan fingerprint density at radius 1 is 1.14 bits per heavy atom. The molecule has 6 nitrogen and oxygen atoms in total. The lowest BCUT2D eigenvalue weighted by Crippen LogP contribution is -2.37. The molecular formula is C21H32N4O2S. The van der Waals surface area contributed by atoms with Crippen molar-refractivity contribution in [1.29, 1.82) is 0 Å². The normalized spacial score (nSPS) is 11.6. The van der Waals surface area contributed by atoms with Crippen LogP contribution in [0.4, 0.5) is 0 Å². The first-order valence-corrected chi connectivity index (χ1v) is 10.7. The molecule has 0 saturated carbocycles. The van der Waals surface area contributed by atoms with Crippen LogP contribution in [0.5, 0.6) is 0 Å². The largest absolute Gasteiger partial charge is 0.379 e. The second-order valence-corrected chi connectivity index (χ2v) is 7.45. The molecule has 0 atom stereocenters. The summed E-state index contributed by atoms with van der Waals surface area (Å²) < 4.78 is 10.9. The molecule has 0 aliphatic carbocycles. The lowest BCUT2D eigenvalue weighted by Gasteiger charge is -2.12. The predicted octanol–water partition coefficient (Wildman–Crippen LogP) is 3.17. The van der Waals surface area contributed by atoms with E-state index in [2.05, 4.69) is 51.8 Å². The second kappa shape index (κ2) is 13.3. The highest BCUT2D eigenvalue weighted by atomic mass is 32.1. The summed E-state index contributed by atoms with van der Waals surface area (Å²) in [5.41, 5.74) is 2.36. The lowest BCUT2D eigenvalue weighted by molar-refractivity contribution is 0.0453. The molecule has 0 radical (unpaired) electrons. The van der Waals surface area contributed by atoms with E-state index in [9.17, 15) is 0 Å². The van der Waals surface area contributed by atoms with Gasteiger partial charge in [-0.05, 0) is 24.5 Å². The van der Waals surface area contributed by atoms with Crippen molar-refractivity contribution in [3.63, 3.8) is 0 Å². The predicted molar refractivity (Wildman–Crippen MR) is 116 cm³/mol. The molecule has 0 aliphatic heterocycles. The van der Waals surface area contributed by atoms with E-state index in [0.717, 1.165) is 42.5 Å². The molecule has 28 heavy (non-hydrogen) atoms. The van der Waals surface area contributed by atoms with Gasteiger partial charge in [-0.3, -0.25) is 4.99 Å². The number of nitrogens with one attached hydrogen (secondary N) is 2. The van der Waals surface area contributed by atoms with Gasteiger partial charge < -0.3 is 20.1 Å². The molecular weight excluding hydrogens is 372 g/mol. The molecule has 2 aromatic rings. The Hall–Kier alpha value is -1.96. The summed E-state index contributed by atoms with van der Waals surface area (Å²) in [6.45, 7) is 8.24. The smallest absolute Gasteiger partial charge is 0.191 e. The highest BCUT2D eigenvalue weighted by Gasteiger charge is 2.03. The third kappa shape index (κ3) is 8.37. The summed E-state index contributed by atoms with van der Waals surface area (Å²) in [4.78, 5) is 10.1. The summed E-state index contributed by atoms with van der Waals surface area (Å²) in [7, 11) is 1.79. The maximum absolute atomic E-state index is 5.64. The molecule has 2 N–H and O–H groups in total. The SMILES string of the molecule is CCOCCOCc1cccc(CNC(=NC)NCCc2ncc(CC)s2)c1.